The van der Waals surface area contributed by atoms with Gasteiger partial charge in [-0.05, 0) is 49.7 Å². The van der Waals surface area contributed by atoms with Gasteiger partial charge in [0.2, 0.25) is 29.5 Å². The van der Waals surface area contributed by atoms with Crippen LogP contribution in [0, 0.1) is 0 Å². The maximum absolute atomic E-state index is 12.6. The van der Waals surface area contributed by atoms with Crippen LogP contribution in [0.25, 0.3) is 0 Å². The van der Waals surface area contributed by atoms with Gasteiger partial charge in [-0.3, -0.25) is 33.6 Å². The Hall–Kier alpha value is -8.10. The zero-order chi connectivity index (χ0) is 73.5. The van der Waals surface area contributed by atoms with Gasteiger partial charge in [-0.1, -0.05) is 73.5 Å². The van der Waals surface area contributed by atoms with Gasteiger partial charge in [0.1, 0.15) is 25.3 Å². The van der Waals surface area contributed by atoms with Crippen molar-refractivity contribution in [3.8, 4) is 0 Å². The van der Waals surface area contributed by atoms with E-state index in [0.29, 0.717) is 121 Å². The van der Waals surface area contributed by atoms with Crippen LogP contribution in [-0.2, 0) is 94.3 Å². The number of rotatable bonds is 48. The average molecular weight is 1480 g/mol. The van der Waals surface area contributed by atoms with Crippen LogP contribution in [0.2, 0.25) is 0 Å². The molecule has 5 heterocycles. The Morgan fingerprint density at radius 2 is 0.882 bits per heavy atom. The molecular weight excluding hydrogens is 1370 g/mol. The number of nitrogens with zero attached hydrogens (tertiary/aromatic N) is 1. The molecule has 2 aromatic rings. The third-order valence-electron chi connectivity index (χ3n) is 15.8. The maximum atomic E-state index is 12.6. The fourth-order valence-electron chi connectivity index (χ4n) is 10.5. The van der Waals surface area contributed by atoms with E-state index in [1.54, 1.807) is 42.5 Å². The number of unbranched alkanes of at least 4 members (excludes halogenated alkanes) is 2. The Labute approximate surface area is 601 Å². The van der Waals surface area contributed by atoms with Crippen molar-refractivity contribution in [3.05, 3.63) is 71.8 Å². The lowest BCUT2D eigenvalue weighted by Crippen LogP contribution is -2.48. The first-order valence-electron chi connectivity index (χ1n) is 34.3. The van der Waals surface area contributed by atoms with Crippen molar-refractivity contribution >= 4 is 95.1 Å². The van der Waals surface area contributed by atoms with E-state index in [1.165, 1.54) is 0 Å². The summed E-state index contributed by atoms with van der Waals surface area (Å²) in [5, 5.41) is 26.2. The summed E-state index contributed by atoms with van der Waals surface area (Å²) >= 11 is 3.79. The molecule has 0 aromatic heterocycles. The molecule has 0 saturated carbocycles. The van der Waals surface area contributed by atoms with E-state index in [9.17, 15) is 57.5 Å². The first-order valence-corrected chi connectivity index (χ1v) is 36.4. The van der Waals surface area contributed by atoms with E-state index >= 15 is 0 Å². The lowest BCUT2D eigenvalue weighted by atomic mass is 10.0. The van der Waals surface area contributed by atoms with Gasteiger partial charge in [0, 0.05) is 86.7 Å². The van der Waals surface area contributed by atoms with E-state index in [4.69, 9.17) is 59.9 Å². The minimum atomic E-state index is -1.32. The summed E-state index contributed by atoms with van der Waals surface area (Å²) in [6, 6.07) is 16.4. The van der Waals surface area contributed by atoms with E-state index in [1.807, 2.05) is 41.7 Å². The van der Waals surface area contributed by atoms with Gasteiger partial charge < -0.3 is 108 Å². The molecule has 8 unspecified atom stereocenters. The second-order valence-electron chi connectivity index (χ2n) is 23.7. The Balaban J connectivity index is 0.000000293. The van der Waals surface area contributed by atoms with Crippen LogP contribution in [-0.4, -0.2) is 240 Å². The number of fused-ring (bicyclic) bond motifs is 2. The SMILES string of the molecule is NC(=O)CCC(NC(=O)OCc1ccccc1)C(=O)NCCOCCOCCOCCNC(=O)CCCCC1SCC2NC(=O)NC21.NC(=O)CCC(NC(=O)OCc1ccccc1)C(=O)ON1C(=O)CCC1=O.NCCOCCOCCOCCNC(=O)CCCCC1SCC2NC(=O)NC21. The van der Waals surface area contributed by atoms with E-state index in [2.05, 4.69) is 47.9 Å². The summed E-state index contributed by atoms with van der Waals surface area (Å²) < 4.78 is 42.5. The number of ether oxygens (including phenoxy) is 8. The monoisotopic (exact) mass is 1480 g/mol. The molecule has 34 nitrogen and oxygen atoms in total. The van der Waals surface area contributed by atoms with Gasteiger partial charge in [-0.25, -0.2) is 24.0 Å². The smallest absolute Gasteiger partial charge is 0.408 e. The molecule has 5 saturated heterocycles. The number of amides is 13. The second-order valence-corrected chi connectivity index (χ2v) is 26.3. The number of thioether (sulfide) groups is 2. The van der Waals surface area contributed by atoms with Gasteiger partial charge in [-0.15, -0.1) is 5.06 Å². The zero-order valence-electron chi connectivity index (χ0n) is 57.5. The summed E-state index contributed by atoms with van der Waals surface area (Å²) in [6.45, 7) is 6.80. The fourth-order valence-corrected chi connectivity index (χ4v) is 13.6. The number of hydrogen-bond acceptors (Lipinski definition) is 24. The highest BCUT2D eigenvalue weighted by molar-refractivity contribution is 8.00. The Morgan fingerprint density at radius 1 is 0.490 bits per heavy atom. The molecule has 102 heavy (non-hydrogen) atoms. The van der Waals surface area contributed by atoms with E-state index < -0.39 is 59.8 Å². The lowest BCUT2D eigenvalue weighted by Gasteiger charge is -2.19. The first kappa shape index (κ1) is 84.6. The van der Waals surface area contributed by atoms with Crippen molar-refractivity contribution in [1.82, 2.24) is 52.9 Å². The Kier molecular flexibility index (Phi) is 41.7. The van der Waals surface area contributed by atoms with Crippen LogP contribution in [0.3, 0.4) is 0 Å². The van der Waals surface area contributed by atoms with Crippen molar-refractivity contribution in [2.24, 2.45) is 17.2 Å². The minimum Gasteiger partial charge on any atom is -0.445 e. The lowest BCUT2D eigenvalue weighted by molar-refractivity contribution is -0.199. The van der Waals surface area contributed by atoms with Crippen molar-refractivity contribution in [1.29, 1.82) is 0 Å². The largest absolute Gasteiger partial charge is 0.445 e. The molecule has 15 N–H and O–H groups in total. The standard InChI is InChI=1S/C31H48N6O9S.C18H34N4O5S.C17H19N3O7/c32-26(38)11-10-23(36-31(42)46-20-22-6-2-1-3-7-22)29(40)34-13-15-44-17-19-45-18-16-43-14-12-33-27(39)9-5-4-8-25-28-24(21-47-25)35-30(41)37-28;19-5-7-25-9-11-27-12-10-26-8-6-20-16(23)4-2-1-3-15-17-14(13-28-15)21-18(24)22-17;18-13(21)7-6-12(16(24)27-20-14(22)8-9-15(20)23)19-17(25)26-10-11-4-2-1-3-5-11/h1-3,6-7,23-25,28H,4-5,8-21H2,(H2,32,38)(H,33,39)(H,34,40)(H,36,42)(H2,35,37,41);14-15,17H,1-13,19H2,(H,20,23)(H2,21,22,24);1-5,12H,6-10H2,(H2,18,21)(H,19,25). The Bertz CT molecular complexity index is 2900. The number of benzene rings is 2. The van der Waals surface area contributed by atoms with Crippen LogP contribution in [0.15, 0.2) is 60.7 Å². The summed E-state index contributed by atoms with van der Waals surface area (Å²) in [7, 11) is 0. The number of carbonyl (C=O) groups excluding carboxylic acids is 12. The van der Waals surface area contributed by atoms with Gasteiger partial charge in [0.25, 0.3) is 11.8 Å². The summed E-state index contributed by atoms with van der Waals surface area (Å²) in [4.78, 5) is 146. The summed E-state index contributed by atoms with van der Waals surface area (Å²) in [6.07, 6.45) is 4.36. The number of hydrogen-bond donors (Lipinski definition) is 12. The highest BCUT2D eigenvalue weighted by Gasteiger charge is 2.44. The van der Waals surface area contributed by atoms with Gasteiger partial charge >= 0.3 is 30.2 Å². The topological polar surface area (TPSA) is 477 Å². The van der Waals surface area contributed by atoms with Crippen molar-refractivity contribution < 1.29 is 100 Å². The molecule has 5 aliphatic rings. The van der Waals surface area contributed by atoms with Crippen LogP contribution < -0.4 is 65.1 Å². The number of urea groups is 2. The number of hydroxylamine groups is 2. The molecule has 0 bridgehead atoms. The molecule has 36 heteroatoms. The normalized spacial score (nSPS) is 18.9. The fraction of sp³-hybridized carbons (Fsp3) is 0.636. The summed E-state index contributed by atoms with van der Waals surface area (Å²) in [5.41, 5.74) is 17.1. The average Bonchev–Trinajstić information content (AvgIpc) is 1.68. The van der Waals surface area contributed by atoms with Crippen molar-refractivity contribution in [2.45, 2.75) is 150 Å². The third-order valence-corrected chi connectivity index (χ3v) is 18.8. The first-order chi connectivity index (χ1) is 49.4. The number of carbonyl (C=O) groups is 12. The predicted octanol–water partition coefficient (Wildman–Crippen LogP) is 0.546. The van der Waals surface area contributed by atoms with Crippen LogP contribution in [0.4, 0.5) is 19.2 Å². The van der Waals surface area contributed by atoms with Crippen LogP contribution in [0.5, 0.6) is 0 Å². The second kappa shape index (κ2) is 50.3. The molecule has 0 radical (unpaired) electrons. The number of nitrogens with one attached hydrogen (secondary N) is 9. The highest BCUT2D eigenvalue weighted by Crippen LogP contribution is 2.34. The highest BCUT2D eigenvalue weighted by atomic mass is 32.2. The molecular formula is C66H101N13O21S2. The van der Waals surface area contributed by atoms with Crippen LogP contribution in [0.1, 0.15) is 101 Å². The quantitative estimate of drug-likeness (QED) is 0.0244. The van der Waals surface area contributed by atoms with Crippen LogP contribution >= 0.6 is 23.5 Å². The molecule has 2 aromatic carbocycles. The van der Waals surface area contributed by atoms with Gasteiger partial charge in [0.15, 0.2) is 0 Å². The molecule has 5 fully saturated rings. The maximum Gasteiger partial charge on any atom is 0.408 e. The van der Waals surface area contributed by atoms with E-state index in [-0.39, 0.29) is 113 Å². The molecule has 8 atom stereocenters. The molecule has 7 rings (SSSR count). The van der Waals surface area contributed by atoms with Crippen molar-refractivity contribution in [3.63, 3.8) is 0 Å². The molecule has 5 aliphatic heterocycles. The minimum absolute atomic E-state index is 0.00441. The molecule has 13 amide bonds. The number of imide groups is 1. The van der Waals surface area contributed by atoms with E-state index in [0.717, 1.165) is 61.2 Å². The molecule has 0 aliphatic carbocycles. The van der Waals surface area contributed by atoms with Gasteiger partial charge in [0.05, 0.1) is 103 Å². The number of nitrogens with two attached hydrogens (primary N) is 3. The number of alkyl carbamates (subject to hydrolysis) is 2. The van der Waals surface area contributed by atoms with Gasteiger partial charge in [-0.2, -0.15) is 23.5 Å². The summed E-state index contributed by atoms with van der Waals surface area (Å²) in [5.74, 6) is -2.17. The predicted molar refractivity (Wildman–Crippen MR) is 372 cm³/mol. The molecule has 568 valence electrons. The third kappa shape index (κ3) is 35.7. The molecule has 0 spiro atoms. The van der Waals surface area contributed by atoms with Crippen molar-refractivity contribution in [2.75, 3.05) is 117 Å². The Morgan fingerprint density at radius 3 is 1.30 bits per heavy atom. The number of primary amides is 2. The zero-order valence-corrected chi connectivity index (χ0v) is 59.1.